The van der Waals surface area contributed by atoms with Crippen molar-refractivity contribution < 1.29 is 9.90 Å². The van der Waals surface area contributed by atoms with Crippen LogP contribution in [0.5, 0.6) is 0 Å². The van der Waals surface area contributed by atoms with Crippen molar-refractivity contribution in [2.45, 2.75) is 77.0 Å². The van der Waals surface area contributed by atoms with E-state index in [-0.39, 0.29) is 0 Å². The number of piperidine rings is 1. The fourth-order valence-corrected chi connectivity index (χ4v) is 2.86. The molecule has 112 valence electrons. The van der Waals surface area contributed by atoms with E-state index in [0.29, 0.717) is 6.42 Å². The molecule has 1 aliphatic heterocycles. The Bertz CT molecular complexity index is 225. The van der Waals surface area contributed by atoms with Crippen LogP contribution in [-0.4, -0.2) is 35.6 Å². The molecule has 1 fully saturated rings. The summed E-state index contributed by atoms with van der Waals surface area (Å²) in [5.41, 5.74) is 0. The Morgan fingerprint density at radius 3 is 1.89 bits per heavy atom. The van der Waals surface area contributed by atoms with Gasteiger partial charge in [0, 0.05) is 6.42 Å². The lowest BCUT2D eigenvalue weighted by Gasteiger charge is -2.26. The number of carboxylic acid groups (broad SMARTS) is 1. The van der Waals surface area contributed by atoms with Crippen LogP contribution in [-0.2, 0) is 4.79 Å². The van der Waals surface area contributed by atoms with Gasteiger partial charge in [0.25, 0.3) is 0 Å². The van der Waals surface area contributed by atoms with E-state index in [1.54, 1.807) is 0 Å². The molecule has 1 saturated heterocycles. The molecule has 0 radical (unpaired) electrons. The Labute approximate surface area is 118 Å². The van der Waals surface area contributed by atoms with Crippen LogP contribution in [0, 0.1) is 0 Å². The average molecular weight is 269 g/mol. The van der Waals surface area contributed by atoms with E-state index in [2.05, 4.69) is 4.90 Å². The van der Waals surface area contributed by atoms with Gasteiger partial charge in [0.05, 0.1) is 0 Å². The van der Waals surface area contributed by atoms with Gasteiger partial charge in [0.15, 0.2) is 0 Å². The second-order valence-corrected chi connectivity index (χ2v) is 5.87. The van der Waals surface area contributed by atoms with Crippen molar-refractivity contribution in [1.29, 1.82) is 0 Å². The number of carbonyl (C=O) groups is 1. The summed E-state index contributed by atoms with van der Waals surface area (Å²) >= 11 is 0. The molecule has 0 aliphatic carbocycles. The van der Waals surface area contributed by atoms with E-state index in [9.17, 15) is 4.79 Å². The number of unbranched alkanes of at least 4 members (excludes halogenated alkanes) is 7. The van der Waals surface area contributed by atoms with Crippen LogP contribution < -0.4 is 0 Å². The highest BCUT2D eigenvalue weighted by Gasteiger charge is 2.08. The van der Waals surface area contributed by atoms with Gasteiger partial charge in [-0.15, -0.1) is 0 Å². The normalized spacial score (nSPS) is 16.6. The Morgan fingerprint density at radius 1 is 0.789 bits per heavy atom. The molecule has 3 nitrogen and oxygen atoms in total. The standard InChI is InChI=1S/C16H31NO2/c18-16(19)12-8-5-3-1-2-4-6-9-13-17-14-10-7-11-15-17/h1-15H2,(H,18,19). The van der Waals surface area contributed by atoms with Gasteiger partial charge in [0.2, 0.25) is 0 Å². The van der Waals surface area contributed by atoms with Crippen LogP contribution in [0.15, 0.2) is 0 Å². The molecule has 1 N–H and O–H groups in total. The van der Waals surface area contributed by atoms with Crippen LogP contribution in [0.2, 0.25) is 0 Å². The van der Waals surface area contributed by atoms with E-state index < -0.39 is 5.97 Å². The third-order valence-electron chi connectivity index (χ3n) is 4.06. The first kappa shape index (κ1) is 16.5. The molecular weight excluding hydrogens is 238 g/mol. The third-order valence-corrected chi connectivity index (χ3v) is 4.06. The molecular formula is C16H31NO2. The lowest BCUT2D eigenvalue weighted by molar-refractivity contribution is -0.137. The maximum Gasteiger partial charge on any atom is 0.303 e. The number of aliphatic carboxylic acids is 1. The van der Waals surface area contributed by atoms with E-state index in [1.165, 1.54) is 77.4 Å². The van der Waals surface area contributed by atoms with Gasteiger partial charge >= 0.3 is 5.97 Å². The number of likely N-dealkylation sites (tertiary alicyclic amines) is 1. The van der Waals surface area contributed by atoms with E-state index >= 15 is 0 Å². The largest absolute Gasteiger partial charge is 0.481 e. The van der Waals surface area contributed by atoms with Crippen molar-refractivity contribution in [3.8, 4) is 0 Å². The average Bonchev–Trinajstić information content (AvgIpc) is 2.42. The maximum atomic E-state index is 10.3. The smallest absolute Gasteiger partial charge is 0.303 e. The minimum Gasteiger partial charge on any atom is -0.481 e. The second-order valence-electron chi connectivity index (χ2n) is 5.87. The predicted octanol–water partition coefficient (Wildman–Crippen LogP) is 4.07. The molecule has 1 heterocycles. The molecule has 0 aromatic heterocycles. The van der Waals surface area contributed by atoms with Crippen LogP contribution in [0.3, 0.4) is 0 Å². The van der Waals surface area contributed by atoms with Gasteiger partial charge in [-0.3, -0.25) is 4.79 Å². The first-order chi connectivity index (χ1) is 9.29. The summed E-state index contributed by atoms with van der Waals surface area (Å²) in [7, 11) is 0. The summed E-state index contributed by atoms with van der Waals surface area (Å²) in [5, 5.41) is 8.52. The molecule has 0 bridgehead atoms. The summed E-state index contributed by atoms with van der Waals surface area (Å²) in [6, 6.07) is 0. The summed E-state index contributed by atoms with van der Waals surface area (Å²) in [4.78, 5) is 13.0. The third kappa shape index (κ3) is 9.94. The zero-order chi connectivity index (χ0) is 13.8. The summed E-state index contributed by atoms with van der Waals surface area (Å²) in [6.07, 6.45) is 14.4. The SMILES string of the molecule is O=C(O)CCCCCCCCCCN1CCCCC1. The van der Waals surface area contributed by atoms with Gasteiger partial charge in [-0.05, 0) is 45.3 Å². The highest BCUT2D eigenvalue weighted by molar-refractivity contribution is 5.66. The Hall–Kier alpha value is -0.570. The monoisotopic (exact) mass is 269 g/mol. The van der Waals surface area contributed by atoms with E-state index in [0.717, 1.165) is 12.8 Å². The van der Waals surface area contributed by atoms with Gasteiger partial charge < -0.3 is 10.0 Å². The number of carboxylic acids is 1. The van der Waals surface area contributed by atoms with Crippen LogP contribution in [0.1, 0.15) is 77.0 Å². The minimum absolute atomic E-state index is 0.343. The molecule has 19 heavy (non-hydrogen) atoms. The molecule has 0 atom stereocenters. The number of rotatable bonds is 11. The Balaban J connectivity index is 1.74. The van der Waals surface area contributed by atoms with Crippen molar-refractivity contribution in [2.24, 2.45) is 0 Å². The molecule has 0 saturated carbocycles. The van der Waals surface area contributed by atoms with Gasteiger partial charge in [-0.1, -0.05) is 44.9 Å². The fourth-order valence-electron chi connectivity index (χ4n) is 2.86. The zero-order valence-corrected chi connectivity index (χ0v) is 12.4. The first-order valence-electron chi connectivity index (χ1n) is 8.23. The predicted molar refractivity (Wildman–Crippen MR) is 79.5 cm³/mol. The molecule has 3 heteroatoms. The topological polar surface area (TPSA) is 40.5 Å². The minimum atomic E-state index is -0.655. The van der Waals surface area contributed by atoms with Crippen LogP contribution >= 0.6 is 0 Å². The summed E-state index contributed by atoms with van der Waals surface area (Å²) < 4.78 is 0. The summed E-state index contributed by atoms with van der Waals surface area (Å²) in [5.74, 6) is -0.655. The highest BCUT2D eigenvalue weighted by atomic mass is 16.4. The number of hydrogen-bond donors (Lipinski definition) is 1. The Kier molecular flexibility index (Phi) is 9.78. The van der Waals surface area contributed by atoms with Crippen molar-refractivity contribution in [1.82, 2.24) is 4.90 Å². The zero-order valence-electron chi connectivity index (χ0n) is 12.4. The molecule has 0 unspecified atom stereocenters. The Morgan fingerprint density at radius 2 is 1.32 bits per heavy atom. The lowest BCUT2D eigenvalue weighted by atomic mass is 10.1. The van der Waals surface area contributed by atoms with E-state index in [4.69, 9.17) is 5.11 Å². The van der Waals surface area contributed by atoms with Gasteiger partial charge in [0.1, 0.15) is 0 Å². The number of hydrogen-bond acceptors (Lipinski definition) is 2. The van der Waals surface area contributed by atoms with Gasteiger partial charge in [-0.25, -0.2) is 0 Å². The first-order valence-corrected chi connectivity index (χ1v) is 8.23. The molecule has 1 aliphatic rings. The van der Waals surface area contributed by atoms with Crippen molar-refractivity contribution in [3.05, 3.63) is 0 Å². The maximum absolute atomic E-state index is 10.3. The molecule has 1 rings (SSSR count). The number of nitrogens with zero attached hydrogens (tertiary/aromatic N) is 1. The van der Waals surface area contributed by atoms with E-state index in [1.807, 2.05) is 0 Å². The van der Waals surface area contributed by atoms with Crippen LogP contribution in [0.4, 0.5) is 0 Å². The lowest BCUT2D eigenvalue weighted by Crippen LogP contribution is -2.30. The highest BCUT2D eigenvalue weighted by Crippen LogP contribution is 2.12. The van der Waals surface area contributed by atoms with Crippen molar-refractivity contribution in [3.63, 3.8) is 0 Å². The summed E-state index contributed by atoms with van der Waals surface area (Å²) in [6.45, 7) is 3.95. The van der Waals surface area contributed by atoms with Gasteiger partial charge in [-0.2, -0.15) is 0 Å². The van der Waals surface area contributed by atoms with Crippen LogP contribution in [0.25, 0.3) is 0 Å². The van der Waals surface area contributed by atoms with Crippen molar-refractivity contribution >= 4 is 5.97 Å². The molecule has 0 aromatic rings. The molecule has 0 amide bonds. The molecule has 0 spiro atoms. The molecule has 0 aromatic carbocycles. The second kappa shape index (κ2) is 11.3. The quantitative estimate of drug-likeness (QED) is 0.575. The fraction of sp³-hybridized carbons (Fsp3) is 0.938. The van der Waals surface area contributed by atoms with Crippen molar-refractivity contribution in [2.75, 3.05) is 19.6 Å².